The molecule has 1 N–H and O–H groups in total. The molecule has 0 aromatic carbocycles. The van der Waals surface area contributed by atoms with Gasteiger partial charge in [-0.1, -0.05) is 12.6 Å². The van der Waals surface area contributed by atoms with Gasteiger partial charge in [-0.2, -0.15) is 0 Å². The van der Waals surface area contributed by atoms with E-state index in [1.807, 2.05) is 12.1 Å². The molecule has 0 aliphatic carbocycles. The minimum atomic E-state index is -0.0344. The molecular formula is C10H12N2O. The highest BCUT2D eigenvalue weighted by Gasteiger charge is 1.94. The van der Waals surface area contributed by atoms with Gasteiger partial charge in [0.05, 0.1) is 5.69 Å². The van der Waals surface area contributed by atoms with Crippen molar-refractivity contribution in [1.29, 1.82) is 0 Å². The fourth-order valence-electron chi connectivity index (χ4n) is 0.888. The monoisotopic (exact) mass is 176 g/mol. The summed E-state index contributed by atoms with van der Waals surface area (Å²) < 4.78 is 0. The molecule has 0 spiro atoms. The Balaban J connectivity index is 2.59. The number of carbonyl (C=O) groups excluding carboxylic acids is 1. The van der Waals surface area contributed by atoms with Gasteiger partial charge in [-0.25, -0.2) is 0 Å². The van der Waals surface area contributed by atoms with Gasteiger partial charge in [0.2, 0.25) is 5.91 Å². The van der Waals surface area contributed by atoms with Crippen LogP contribution >= 0.6 is 0 Å². The van der Waals surface area contributed by atoms with Gasteiger partial charge >= 0.3 is 0 Å². The molecule has 0 fully saturated rings. The van der Waals surface area contributed by atoms with Crippen LogP contribution in [0.4, 0.5) is 0 Å². The second-order valence-electron chi connectivity index (χ2n) is 2.71. The van der Waals surface area contributed by atoms with Gasteiger partial charge in [0.15, 0.2) is 0 Å². The Morgan fingerprint density at radius 2 is 2.46 bits per heavy atom. The third kappa shape index (κ3) is 3.07. The number of hydrogen-bond acceptors (Lipinski definition) is 2. The highest BCUT2D eigenvalue weighted by Crippen LogP contribution is 2.00. The highest BCUT2D eigenvalue weighted by molar-refractivity contribution is 5.72. The summed E-state index contributed by atoms with van der Waals surface area (Å²) in [6, 6.07) is 3.78. The van der Waals surface area contributed by atoms with Crippen LogP contribution in [0.1, 0.15) is 18.2 Å². The Bertz CT molecular complexity index is 303. The fourth-order valence-corrected chi connectivity index (χ4v) is 0.888. The van der Waals surface area contributed by atoms with E-state index in [1.54, 1.807) is 12.3 Å². The predicted octanol–water partition coefficient (Wildman–Crippen LogP) is 1.36. The molecule has 13 heavy (non-hydrogen) atoms. The van der Waals surface area contributed by atoms with Crippen LogP contribution in [0.25, 0.3) is 6.08 Å². The molecule has 0 atom stereocenters. The standard InChI is InChI=1S/C10H12N2O/c1-3-10-5-4-9(7-12-10)6-11-8(2)13/h3-5,7H,1,6H2,2H3,(H,11,13). The molecule has 0 radical (unpaired) electrons. The molecule has 1 heterocycles. The molecule has 0 bridgehead atoms. The van der Waals surface area contributed by atoms with Gasteiger partial charge in [0.1, 0.15) is 0 Å². The number of aromatic nitrogens is 1. The maximum atomic E-state index is 10.6. The van der Waals surface area contributed by atoms with Crippen LogP contribution in [0.5, 0.6) is 0 Å². The lowest BCUT2D eigenvalue weighted by Gasteiger charge is -2.01. The largest absolute Gasteiger partial charge is 0.352 e. The van der Waals surface area contributed by atoms with Crippen molar-refractivity contribution in [3.8, 4) is 0 Å². The van der Waals surface area contributed by atoms with Crippen molar-refractivity contribution in [3.05, 3.63) is 36.2 Å². The Morgan fingerprint density at radius 1 is 1.69 bits per heavy atom. The maximum absolute atomic E-state index is 10.6. The number of nitrogens with zero attached hydrogens (tertiary/aromatic N) is 1. The molecule has 3 nitrogen and oxygen atoms in total. The van der Waals surface area contributed by atoms with Crippen LogP contribution < -0.4 is 5.32 Å². The molecule has 3 heteroatoms. The zero-order valence-electron chi connectivity index (χ0n) is 7.58. The number of amides is 1. The topological polar surface area (TPSA) is 42.0 Å². The number of rotatable bonds is 3. The first-order valence-electron chi connectivity index (χ1n) is 4.04. The van der Waals surface area contributed by atoms with Crippen LogP contribution in [0.3, 0.4) is 0 Å². The predicted molar refractivity (Wildman–Crippen MR) is 51.8 cm³/mol. The van der Waals surface area contributed by atoms with E-state index in [1.165, 1.54) is 6.92 Å². The maximum Gasteiger partial charge on any atom is 0.217 e. The van der Waals surface area contributed by atoms with E-state index < -0.39 is 0 Å². The van der Waals surface area contributed by atoms with Crippen molar-refractivity contribution < 1.29 is 4.79 Å². The normalized spacial score (nSPS) is 9.31. The first kappa shape index (κ1) is 9.45. The van der Waals surface area contributed by atoms with E-state index >= 15 is 0 Å². The van der Waals surface area contributed by atoms with Gasteiger partial charge in [-0.15, -0.1) is 0 Å². The number of nitrogens with one attached hydrogen (secondary N) is 1. The first-order chi connectivity index (χ1) is 6.22. The van der Waals surface area contributed by atoms with Crippen molar-refractivity contribution >= 4 is 12.0 Å². The third-order valence-corrected chi connectivity index (χ3v) is 1.60. The van der Waals surface area contributed by atoms with Gasteiger partial charge in [-0.05, 0) is 17.7 Å². The Kier molecular flexibility index (Phi) is 3.20. The lowest BCUT2D eigenvalue weighted by molar-refractivity contribution is -0.119. The van der Waals surface area contributed by atoms with Crippen molar-refractivity contribution in [2.75, 3.05) is 0 Å². The highest BCUT2D eigenvalue weighted by atomic mass is 16.1. The molecule has 0 saturated heterocycles. The average Bonchev–Trinajstić information content (AvgIpc) is 2.15. The number of pyridine rings is 1. The lowest BCUT2D eigenvalue weighted by atomic mass is 10.2. The molecule has 0 aliphatic heterocycles. The first-order valence-corrected chi connectivity index (χ1v) is 4.04. The minimum Gasteiger partial charge on any atom is -0.352 e. The van der Waals surface area contributed by atoms with Crippen LogP contribution in [0.15, 0.2) is 24.9 Å². The summed E-state index contributed by atoms with van der Waals surface area (Å²) in [7, 11) is 0. The quantitative estimate of drug-likeness (QED) is 0.755. The van der Waals surface area contributed by atoms with Crippen molar-refractivity contribution in [3.63, 3.8) is 0 Å². The summed E-state index contributed by atoms with van der Waals surface area (Å²) >= 11 is 0. The Morgan fingerprint density at radius 3 is 2.92 bits per heavy atom. The molecule has 0 saturated carbocycles. The summed E-state index contributed by atoms with van der Waals surface area (Å²) in [6.07, 6.45) is 3.41. The molecule has 68 valence electrons. The van der Waals surface area contributed by atoms with E-state index in [-0.39, 0.29) is 5.91 Å². The molecular weight excluding hydrogens is 164 g/mol. The zero-order valence-corrected chi connectivity index (χ0v) is 7.58. The third-order valence-electron chi connectivity index (χ3n) is 1.60. The van der Waals surface area contributed by atoms with Gasteiger partial charge in [0, 0.05) is 19.7 Å². The smallest absolute Gasteiger partial charge is 0.217 e. The van der Waals surface area contributed by atoms with E-state index in [9.17, 15) is 4.79 Å². The summed E-state index contributed by atoms with van der Waals surface area (Å²) in [6.45, 7) is 5.62. The van der Waals surface area contributed by atoms with Crippen LogP contribution in [0, 0.1) is 0 Å². The van der Waals surface area contributed by atoms with Crippen molar-refractivity contribution in [1.82, 2.24) is 10.3 Å². The molecule has 1 aromatic rings. The van der Waals surface area contributed by atoms with E-state index in [4.69, 9.17) is 0 Å². The number of hydrogen-bond donors (Lipinski definition) is 1. The van der Waals surface area contributed by atoms with Crippen molar-refractivity contribution in [2.24, 2.45) is 0 Å². The number of carbonyl (C=O) groups is 1. The second-order valence-corrected chi connectivity index (χ2v) is 2.71. The molecule has 0 aliphatic rings. The summed E-state index contributed by atoms with van der Waals surface area (Å²) in [5.41, 5.74) is 1.83. The van der Waals surface area contributed by atoms with Crippen LogP contribution in [-0.4, -0.2) is 10.9 Å². The van der Waals surface area contributed by atoms with Crippen LogP contribution in [-0.2, 0) is 11.3 Å². The minimum absolute atomic E-state index is 0.0344. The molecule has 1 aromatic heterocycles. The van der Waals surface area contributed by atoms with Gasteiger partial charge in [0.25, 0.3) is 0 Å². The van der Waals surface area contributed by atoms with E-state index in [0.29, 0.717) is 6.54 Å². The molecule has 1 rings (SSSR count). The van der Waals surface area contributed by atoms with E-state index in [0.717, 1.165) is 11.3 Å². The fraction of sp³-hybridized carbons (Fsp3) is 0.200. The Hall–Kier alpha value is -1.64. The Labute approximate surface area is 77.5 Å². The zero-order chi connectivity index (χ0) is 9.68. The molecule has 1 amide bonds. The molecule has 0 unspecified atom stereocenters. The van der Waals surface area contributed by atoms with Gasteiger partial charge in [-0.3, -0.25) is 9.78 Å². The van der Waals surface area contributed by atoms with E-state index in [2.05, 4.69) is 16.9 Å². The summed E-state index contributed by atoms with van der Waals surface area (Å²) in [5.74, 6) is -0.0344. The van der Waals surface area contributed by atoms with Gasteiger partial charge < -0.3 is 5.32 Å². The second kappa shape index (κ2) is 4.40. The summed E-state index contributed by atoms with van der Waals surface area (Å²) in [4.78, 5) is 14.7. The SMILES string of the molecule is C=Cc1ccc(CNC(C)=O)cn1. The van der Waals surface area contributed by atoms with Crippen LogP contribution in [0.2, 0.25) is 0 Å². The van der Waals surface area contributed by atoms with Crippen molar-refractivity contribution in [2.45, 2.75) is 13.5 Å². The summed E-state index contributed by atoms with van der Waals surface area (Å²) in [5, 5.41) is 2.69. The lowest BCUT2D eigenvalue weighted by Crippen LogP contribution is -2.18. The average molecular weight is 176 g/mol.